The molecule has 1 saturated heterocycles. The first-order valence-electron chi connectivity index (χ1n) is 8.46. The summed E-state index contributed by atoms with van der Waals surface area (Å²) in [6.45, 7) is 1.00. The van der Waals surface area contributed by atoms with Crippen molar-refractivity contribution >= 4 is 51.0 Å². The number of benzene rings is 1. The number of carbonyl (C=O) groups is 2. The molecule has 1 aliphatic heterocycles. The van der Waals surface area contributed by atoms with E-state index in [1.807, 2.05) is 4.90 Å². The fourth-order valence-corrected chi connectivity index (χ4v) is 3.52. The highest BCUT2D eigenvalue weighted by molar-refractivity contribution is 9.10. The van der Waals surface area contributed by atoms with Gasteiger partial charge in [0.25, 0.3) is 5.91 Å². The van der Waals surface area contributed by atoms with Crippen LogP contribution in [-0.4, -0.2) is 41.5 Å². The molecule has 0 spiro atoms. The number of ether oxygens (including phenoxy) is 1. The largest absolute Gasteiger partial charge is 0.455 e. The Bertz CT molecular complexity index is 814. The maximum atomic E-state index is 12.2. The van der Waals surface area contributed by atoms with Crippen LogP contribution in [-0.2, 0) is 14.3 Å². The highest BCUT2D eigenvalue weighted by atomic mass is 79.9. The van der Waals surface area contributed by atoms with Gasteiger partial charge in [0.1, 0.15) is 0 Å². The number of rotatable bonds is 5. The highest BCUT2D eigenvalue weighted by Crippen LogP contribution is 2.25. The zero-order chi connectivity index (χ0) is 19.2. The molecular formula is C18H18BrClN4O3. The van der Waals surface area contributed by atoms with Crippen LogP contribution in [0.5, 0.6) is 0 Å². The van der Waals surface area contributed by atoms with Crippen LogP contribution >= 0.6 is 27.5 Å². The van der Waals surface area contributed by atoms with Crippen LogP contribution in [0.2, 0.25) is 5.02 Å². The first-order chi connectivity index (χ1) is 13.0. The van der Waals surface area contributed by atoms with Crippen molar-refractivity contribution in [2.45, 2.75) is 12.8 Å². The van der Waals surface area contributed by atoms with Gasteiger partial charge >= 0.3 is 5.97 Å². The Morgan fingerprint density at radius 2 is 1.96 bits per heavy atom. The van der Waals surface area contributed by atoms with Crippen molar-refractivity contribution in [3.63, 3.8) is 0 Å². The fraction of sp³-hybridized carbons (Fsp3) is 0.333. The van der Waals surface area contributed by atoms with Crippen LogP contribution in [0.4, 0.5) is 11.6 Å². The number of carbonyl (C=O) groups excluding carboxylic acids is 2. The van der Waals surface area contributed by atoms with Crippen LogP contribution < -0.4 is 10.2 Å². The van der Waals surface area contributed by atoms with E-state index in [1.54, 1.807) is 36.7 Å². The van der Waals surface area contributed by atoms with Crippen LogP contribution in [0.3, 0.4) is 0 Å². The van der Waals surface area contributed by atoms with Gasteiger partial charge in [0.15, 0.2) is 6.61 Å². The van der Waals surface area contributed by atoms with Gasteiger partial charge in [-0.3, -0.25) is 9.59 Å². The molecule has 0 atom stereocenters. The first kappa shape index (κ1) is 19.6. The highest BCUT2D eigenvalue weighted by Gasteiger charge is 2.27. The molecule has 0 aliphatic carbocycles. The molecule has 0 unspecified atom stereocenters. The Hall–Kier alpha value is -2.19. The molecule has 2 aromatic rings. The molecule has 0 saturated carbocycles. The van der Waals surface area contributed by atoms with Gasteiger partial charge in [-0.2, -0.15) is 0 Å². The van der Waals surface area contributed by atoms with E-state index in [9.17, 15) is 9.59 Å². The summed E-state index contributed by atoms with van der Waals surface area (Å²) in [6.07, 6.45) is 4.66. The summed E-state index contributed by atoms with van der Waals surface area (Å²) < 4.78 is 5.98. The topological polar surface area (TPSA) is 84.4 Å². The third kappa shape index (κ3) is 5.40. The first-order valence-corrected chi connectivity index (χ1v) is 9.63. The van der Waals surface area contributed by atoms with Gasteiger partial charge in [0, 0.05) is 30.0 Å². The minimum absolute atomic E-state index is 0.228. The second-order valence-corrected chi connectivity index (χ2v) is 7.41. The Kier molecular flexibility index (Phi) is 6.63. The summed E-state index contributed by atoms with van der Waals surface area (Å²) in [5, 5.41) is 3.03. The van der Waals surface area contributed by atoms with Gasteiger partial charge in [0.05, 0.1) is 16.6 Å². The summed E-state index contributed by atoms with van der Waals surface area (Å²) in [5.41, 5.74) is 0.470. The van der Waals surface area contributed by atoms with E-state index < -0.39 is 5.91 Å². The zero-order valence-corrected chi connectivity index (χ0v) is 16.7. The number of hydrogen-bond acceptors (Lipinski definition) is 6. The third-order valence-corrected chi connectivity index (χ3v) is 5.02. The maximum Gasteiger partial charge on any atom is 0.309 e. The van der Waals surface area contributed by atoms with E-state index in [2.05, 4.69) is 31.2 Å². The number of anilines is 2. The van der Waals surface area contributed by atoms with Gasteiger partial charge in [-0.25, -0.2) is 9.97 Å². The number of nitrogens with one attached hydrogen (secondary N) is 1. The van der Waals surface area contributed by atoms with E-state index in [0.717, 1.165) is 4.47 Å². The zero-order valence-electron chi connectivity index (χ0n) is 14.4. The fourth-order valence-electron chi connectivity index (χ4n) is 2.80. The molecule has 7 nitrogen and oxygen atoms in total. The number of piperidine rings is 1. The lowest BCUT2D eigenvalue weighted by atomic mass is 9.97. The van der Waals surface area contributed by atoms with Crippen molar-refractivity contribution in [2.75, 3.05) is 29.9 Å². The third-order valence-electron chi connectivity index (χ3n) is 4.21. The lowest BCUT2D eigenvalue weighted by molar-refractivity contribution is -0.152. The lowest BCUT2D eigenvalue weighted by Gasteiger charge is -2.30. The van der Waals surface area contributed by atoms with Crippen molar-refractivity contribution in [1.82, 2.24) is 9.97 Å². The smallest absolute Gasteiger partial charge is 0.309 e. The molecule has 1 amide bonds. The average Bonchev–Trinajstić information content (AvgIpc) is 2.69. The Balaban J connectivity index is 1.44. The van der Waals surface area contributed by atoms with E-state index in [-0.39, 0.29) is 18.5 Å². The summed E-state index contributed by atoms with van der Waals surface area (Å²) in [5.74, 6) is -0.354. The van der Waals surface area contributed by atoms with Crippen LogP contribution in [0.25, 0.3) is 0 Å². The van der Waals surface area contributed by atoms with Gasteiger partial charge in [0.2, 0.25) is 5.95 Å². The summed E-state index contributed by atoms with van der Waals surface area (Å²) in [4.78, 5) is 34.7. The van der Waals surface area contributed by atoms with Gasteiger partial charge in [-0.1, -0.05) is 27.5 Å². The predicted molar refractivity (Wildman–Crippen MR) is 106 cm³/mol. The summed E-state index contributed by atoms with van der Waals surface area (Å²) in [6, 6.07) is 6.87. The minimum atomic E-state index is -0.428. The van der Waals surface area contributed by atoms with Gasteiger partial charge in [-0.05, 0) is 37.1 Å². The van der Waals surface area contributed by atoms with E-state index in [1.165, 1.54) is 0 Å². The minimum Gasteiger partial charge on any atom is -0.455 e. The van der Waals surface area contributed by atoms with E-state index in [4.69, 9.17) is 16.3 Å². The van der Waals surface area contributed by atoms with Gasteiger partial charge < -0.3 is 15.0 Å². The number of amides is 1. The Morgan fingerprint density at radius 1 is 1.26 bits per heavy atom. The number of aromatic nitrogens is 2. The second kappa shape index (κ2) is 9.14. The quantitative estimate of drug-likeness (QED) is 0.699. The number of nitrogens with zero attached hydrogens (tertiary/aromatic N) is 3. The monoisotopic (exact) mass is 452 g/mol. The summed E-state index contributed by atoms with van der Waals surface area (Å²) >= 11 is 9.35. The molecule has 142 valence electrons. The van der Waals surface area contributed by atoms with E-state index >= 15 is 0 Å². The number of esters is 1. The van der Waals surface area contributed by atoms with Crippen molar-refractivity contribution < 1.29 is 14.3 Å². The van der Waals surface area contributed by atoms with Crippen LogP contribution in [0.1, 0.15) is 12.8 Å². The molecule has 0 bridgehead atoms. The van der Waals surface area contributed by atoms with Crippen LogP contribution in [0, 0.1) is 5.92 Å². The molecule has 1 aliphatic rings. The van der Waals surface area contributed by atoms with Crippen molar-refractivity contribution in [1.29, 1.82) is 0 Å². The normalized spacial score (nSPS) is 14.7. The predicted octanol–water partition coefficient (Wildman–Crippen LogP) is 3.29. The number of hydrogen-bond donors (Lipinski definition) is 1. The SMILES string of the molecule is O=C(COC(=O)C1CCN(c2ncccn2)CC1)Nc1ccc(Br)cc1Cl. The maximum absolute atomic E-state index is 12.2. The molecule has 2 heterocycles. The van der Waals surface area contributed by atoms with Crippen LogP contribution in [0.15, 0.2) is 41.1 Å². The molecule has 1 N–H and O–H groups in total. The molecule has 3 rings (SSSR count). The Labute approximate surface area is 170 Å². The number of halogens is 2. The molecule has 0 radical (unpaired) electrons. The van der Waals surface area contributed by atoms with Crippen molar-refractivity contribution in [2.24, 2.45) is 5.92 Å². The molecule has 27 heavy (non-hydrogen) atoms. The van der Waals surface area contributed by atoms with Crippen molar-refractivity contribution in [3.05, 3.63) is 46.2 Å². The lowest BCUT2D eigenvalue weighted by Crippen LogP contribution is -2.38. The van der Waals surface area contributed by atoms with Gasteiger partial charge in [-0.15, -0.1) is 0 Å². The molecular weight excluding hydrogens is 436 g/mol. The average molecular weight is 454 g/mol. The summed E-state index contributed by atoms with van der Waals surface area (Å²) in [7, 11) is 0. The standard InChI is InChI=1S/C18H18BrClN4O3/c19-13-2-3-15(14(20)10-13)23-16(25)11-27-17(26)12-4-8-24(9-5-12)18-21-6-1-7-22-18/h1-3,6-7,10,12H,4-5,8-9,11H2,(H,23,25). The van der Waals surface area contributed by atoms with Crippen molar-refractivity contribution in [3.8, 4) is 0 Å². The molecule has 1 fully saturated rings. The molecule has 1 aromatic carbocycles. The molecule has 9 heteroatoms. The Morgan fingerprint density at radius 3 is 2.63 bits per heavy atom. The molecule has 1 aromatic heterocycles. The van der Waals surface area contributed by atoms with E-state index in [0.29, 0.717) is 42.6 Å². The second-order valence-electron chi connectivity index (χ2n) is 6.09.